The van der Waals surface area contributed by atoms with Gasteiger partial charge in [0.1, 0.15) is 0 Å². The second-order valence-electron chi connectivity index (χ2n) is 5.67. The molecule has 0 saturated carbocycles. The van der Waals surface area contributed by atoms with Crippen LogP contribution in [0.4, 0.5) is 0 Å². The van der Waals surface area contributed by atoms with Crippen LogP contribution in [-0.4, -0.2) is 29.1 Å². The Kier molecular flexibility index (Phi) is 4.59. The van der Waals surface area contributed by atoms with Gasteiger partial charge in [-0.2, -0.15) is 0 Å². The van der Waals surface area contributed by atoms with Gasteiger partial charge in [0.15, 0.2) is 0 Å². The maximum absolute atomic E-state index is 11.0. The molecule has 0 spiro atoms. The van der Waals surface area contributed by atoms with E-state index in [4.69, 9.17) is 5.11 Å². The van der Waals surface area contributed by atoms with Crippen molar-refractivity contribution >= 4 is 5.97 Å². The van der Waals surface area contributed by atoms with Crippen molar-refractivity contribution in [3.05, 3.63) is 34.9 Å². The fourth-order valence-corrected chi connectivity index (χ4v) is 2.93. The third-order valence-electron chi connectivity index (χ3n) is 3.90. The fraction of sp³-hybridized carbons (Fsp3) is 0.562. The Morgan fingerprint density at radius 1 is 1.42 bits per heavy atom. The van der Waals surface area contributed by atoms with Gasteiger partial charge >= 0.3 is 5.97 Å². The van der Waals surface area contributed by atoms with Crippen LogP contribution in [0.2, 0.25) is 0 Å². The standard InChI is InChI=1S/C16H23NO2/c1-3-4-12(2)10-17-8-7-13-5-6-14(16(18)19)9-15(13)11-17/h5-6,9,12H,3-4,7-8,10-11H2,1-2H3,(H,18,19). The molecule has 0 aromatic heterocycles. The van der Waals surface area contributed by atoms with Crippen LogP contribution < -0.4 is 0 Å². The molecule has 3 nitrogen and oxygen atoms in total. The normalized spacial score (nSPS) is 16.9. The van der Waals surface area contributed by atoms with Crippen molar-refractivity contribution in [2.24, 2.45) is 5.92 Å². The van der Waals surface area contributed by atoms with E-state index in [1.807, 2.05) is 12.1 Å². The number of hydrogen-bond acceptors (Lipinski definition) is 2. The molecular weight excluding hydrogens is 238 g/mol. The quantitative estimate of drug-likeness (QED) is 0.885. The van der Waals surface area contributed by atoms with Gasteiger partial charge in [-0.1, -0.05) is 26.3 Å². The second kappa shape index (κ2) is 6.20. The van der Waals surface area contributed by atoms with E-state index in [9.17, 15) is 4.79 Å². The number of hydrogen-bond donors (Lipinski definition) is 1. The molecule has 1 aliphatic heterocycles. The molecule has 0 bridgehead atoms. The number of carboxylic acid groups (broad SMARTS) is 1. The summed E-state index contributed by atoms with van der Waals surface area (Å²) < 4.78 is 0. The van der Waals surface area contributed by atoms with Gasteiger partial charge in [0.25, 0.3) is 0 Å². The Hall–Kier alpha value is -1.35. The van der Waals surface area contributed by atoms with E-state index in [2.05, 4.69) is 18.7 Å². The molecular formula is C16H23NO2. The smallest absolute Gasteiger partial charge is 0.335 e. The molecule has 0 radical (unpaired) electrons. The van der Waals surface area contributed by atoms with Gasteiger partial charge in [-0.15, -0.1) is 0 Å². The average molecular weight is 261 g/mol. The maximum atomic E-state index is 11.0. The molecule has 0 amide bonds. The lowest BCUT2D eigenvalue weighted by Crippen LogP contribution is -2.34. The Morgan fingerprint density at radius 3 is 2.89 bits per heavy atom. The van der Waals surface area contributed by atoms with Crippen LogP contribution in [0, 0.1) is 5.92 Å². The zero-order chi connectivity index (χ0) is 13.8. The minimum atomic E-state index is -0.834. The molecule has 0 aliphatic carbocycles. The minimum absolute atomic E-state index is 0.405. The van der Waals surface area contributed by atoms with E-state index in [1.54, 1.807) is 6.07 Å². The highest BCUT2D eigenvalue weighted by Crippen LogP contribution is 2.22. The number of benzene rings is 1. The molecule has 1 aromatic carbocycles. The molecule has 1 aromatic rings. The molecule has 1 N–H and O–H groups in total. The number of nitrogens with zero attached hydrogens (tertiary/aromatic N) is 1. The Labute approximate surface area is 115 Å². The first-order chi connectivity index (χ1) is 9.10. The Bertz CT molecular complexity index is 456. The average Bonchev–Trinajstić information content (AvgIpc) is 2.38. The summed E-state index contributed by atoms with van der Waals surface area (Å²) in [5, 5.41) is 9.05. The van der Waals surface area contributed by atoms with Gasteiger partial charge in [-0.05, 0) is 42.0 Å². The van der Waals surface area contributed by atoms with Gasteiger partial charge in [-0.25, -0.2) is 4.79 Å². The highest BCUT2D eigenvalue weighted by Gasteiger charge is 2.19. The van der Waals surface area contributed by atoms with Crippen molar-refractivity contribution in [1.29, 1.82) is 0 Å². The van der Waals surface area contributed by atoms with E-state index in [0.717, 1.165) is 26.1 Å². The molecule has 1 aliphatic rings. The largest absolute Gasteiger partial charge is 0.478 e. The van der Waals surface area contributed by atoms with E-state index in [0.29, 0.717) is 11.5 Å². The van der Waals surface area contributed by atoms with Gasteiger partial charge < -0.3 is 5.11 Å². The summed E-state index contributed by atoms with van der Waals surface area (Å²) in [5.41, 5.74) is 2.90. The van der Waals surface area contributed by atoms with Gasteiger partial charge in [-0.3, -0.25) is 4.90 Å². The van der Waals surface area contributed by atoms with Gasteiger partial charge in [0.05, 0.1) is 5.56 Å². The first-order valence-corrected chi connectivity index (χ1v) is 7.17. The molecule has 0 fully saturated rings. The predicted molar refractivity (Wildman–Crippen MR) is 76.5 cm³/mol. The van der Waals surface area contributed by atoms with E-state index in [-0.39, 0.29) is 0 Å². The highest BCUT2D eigenvalue weighted by molar-refractivity contribution is 5.87. The number of rotatable bonds is 5. The third kappa shape index (κ3) is 3.57. The lowest BCUT2D eigenvalue weighted by molar-refractivity contribution is 0.0696. The van der Waals surface area contributed by atoms with Crippen LogP contribution in [0.5, 0.6) is 0 Å². The zero-order valence-corrected chi connectivity index (χ0v) is 11.9. The zero-order valence-electron chi connectivity index (χ0n) is 11.9. The summed E-state index contributed by atoms with van der Waals surface area (Å²) in [6.07, 6.45) is 3.53. The Morgan fingerprint density at radius 2 is 2.21 bits per heavy atom. The summed E-state index contributed by atoms with van der Waals surface area (Å²) in [5.74, 6) is -0.117. The molecule has 1 heterocycles. The summed E-state index contributed by atoms with van der Waals surface area (Å²) in [7, 11) is 0. The molecule has 104 valence electrons. The summed E-state index contributed by atoms with van der Waals surface area (Å²) in [6.45, 7) is 7.62. The minimum Gasteiger partial charge on any atom is -0.478 e. The number of fused-ring (bicyclic) bond motifs is 1. The van der Waals surface area contributed by atoms with Crippen molar-refractivity contribution in [2.75, 3.05) is 13.1 Å². The first kappa shape index (κ1) is 14.1. The first-order valence-electron chi connectivity index (χ1n) is 7.17. The molecule has 3 heteroatoms. The van der Waals surface area contributed by atoms with E-state index >= 15 is 0 Å². The van der Waals surface area contributed by atoms with Crippen LogP contribution in [0.25, 0.3) is 0 Å². The van der Waals surface area contributed by atoms with Gasteiger partial charge in [0.2, 0.25) is 0 Å². The molecule has 1 atom stereocenters. The summed E-state index contributed by atoms with van der Waals surface area (Å²) in [4.78, 5) is 13.5. The van der Waals surface area contributed by atoms with Crippen molar-refractivity contribution in [1.82, 2.24) is 4.90 Å². The van der Waals surface area contributed by atoms with Crippen molar-refractivity contribution in [3.63, 3.8) is 0 Å². The fourth-order valence-electron chi connectivity index (χ4n) is 2.93. The van der Waals surface area contributed by atoms with Crippen molar-refractivity contribution < 1.29 is 9.90 Å². The monoisotopic (exact) mass is 261 g/mol. The van der Waals surface area contributed by atoms with E-state index < -0.39 is 5.97 Å². The van der Waals surface area contributed by atoms with Gasteiger partial charge in [0, 0.05) is 19.6 Å². The second-order valence-corrected chi connectivity index (χ2v) is 5.67. The number of carboxylic acids is 1. The predicted octanol–water partition coefficient (Wildman–Crippen LogP) is 3.18. The summed E-state index contributed by atoms with van der Waals surface area (Å²) >= 11 is 0. The lowest BCUT2D eigenvalue weighted by Gasteiger charge is -2.31. The van der Waals surface area contributed by atoms with E-state index in [1.165, 1.54) is 24.0 Å². The topological polar surface area (TPSA) is 40.5 Å². The number of aromatic carboxylic acids is 1. The SMILES string of the molecule is CCCC(C)CN1CCc2ccc(C(=O)O)cc2C1. The molecule has 19 heavy (non-hydrogen) atoms. The van der Waals surface area contributed by atoms with Crippen LogP contribution in [0.1, 0.15) is 48.2 Å². The van der Waals surface area contributed by atoms with Crippen LogP contribution >= 0.6 is 0 Å². The Balaban J connectivity index is 2.05. The third-order valence-corrected chi connectivity index (χ3v) is 3.90. The van der Waals surface area contributed by atoms with Crippen molar-refractivity contribution in [2.45, 2.75) is 39.7 Å². The molecule has 2 rings (SSSR count). The number of carbonyl (C=O) groups is 1. The van der Waals surface area contributed by atoms with Crippen LogP contribution in [0.3, 0.4) is 0 Å². The highest BCUT2D eigenvalue weighted by atomic mass is 16.4. The maximum Gasteiger partial charge on any atom is 0.335 e. The summed E-state index contributed by atoms with van der Waals surface area (Å²) in [6, 6.07) is 5.54. The molecule has 0 saturated heterocycles. The van der Waals surface area contributed by atoms with Crippen molar-refractivity contribution in [3.8, 4) is 0 Å². The molecule has 1 unspecified atom stereocenters. The lowest BCUT2D eigenvalue weighted by atomic mass is 9.96. The van der Waals surface area contributed by atoms with Crippen LogP contribution in [-0.2, 0) is 13.0 Å². The van der Waals surface area contributed by atoms with Crippen LogP contribution in [0.15, 0.2) is 18.2 Å².